The largest absolute Gasteiger partial charge is 0.351 e. The minimum atomic E-state index is -2.68. The number of alkyl halides is 2. The number of nitrogens with one attached hydrogen (secondary N) is 2. The molecule has 1 aliphatic heterocycles. The van der Waals surface area contributed by atoms with Crippen LogP contribution in [0.4, 0.5) is 14.5 Å². The van der Waals surface area contributed by atoms with Gasteiger partial charge in [-0.15, -0.1) is 0 Å². The maximum absolute atomic E-state index is 12.8. The van der Waals surface area contributed by atoms with Gasteiger partial charge in [0.05, 0.1) is 6.20 Å². The molecule has 0 radical (unpaired) electrons. The topological polar surface area (TPSA) is 66.0 Å². The van der Waals surface area contributed by atoms with E-state index in [4.69, 9.17) is 0 Å². The Morgan fingerprint density at radius 2 is 2.00 bits per heavy atom. The molecule has 2 aromatic carbocycles. The molecule has 0 atom stereocenters. The fourth-order valence-electron chi connectivity index (χ4n) is 4.00. The third-order valence-electron chi connectivity index (χ3n) is 5.67. The summed E-state index contributed by atoms with van der Waals surface area (Å²) < 4.78 is 26.2. The number of aromatic nitrogens is 3. The van der Waals surface area contributed by atoms with E-state index >= 15 is 0 Å². The number of rotatable bonds is 4. The minimum Gasteiger partial charge on any atom is -0.351 e. The van der Waals surface area contributed by atoms with Crippen molar-refractivity contribution in [3.05, 3.63) is 71.7 Å². The second-order valence-corrected chi connectivity index (χ2v) is 7.90. The molecule has 3 heterocycles. The van der Waals surface area contributed by atoms with Crippen LogP contribution in [0.3, 0.4) is 0 Å². The van der Waals surface area contributed by atoms with E-state index in [1.165, 1.54) is 23.5 Å². The average Bonchev–Trinajstić information content (AvgIpc) is 3.40. The van der Waals surface area contributed by atoms with E-state index in [0.29, 0.717) is 15.9 Å². The van der Waals surface area contributed by atoms with Crippen LogP contribution in [-0.2, 0) is 13.0 Å². The molecule has 0 spiro atoms. The maximum Gasteiger partial charge on any atom is 0.333 e. The summed E-state index contributed by atoms with van der Waals surface area (Å²) in [4.78, 5) is 18.2. The maximum atomic E-state index is 12.8. The zero-order valence-corrected chi connectivity index (χ0v) is 16.9. The number of hydrogen-bond donors (Lipinski definition) is 2. The van der Waals surface area contributed by atoms with Crippen LogP contribution < -0.4 is 5.32 Å². The lowest BCUT2D eigenvalue weighted by Crippen LogP contribution is -2.26. The van der Waals surface area contributed by atoms with E-state index in [-0.39, 0.29) is 5.91 Å². The van der Waals surface area contributed by atoms with Gasteiger partial charge in [0.1, 0.15) is 5.69 Å². The summed E-state index contributed by atoms with van der Waals surface area (Å²) in [6, 6.07) is 13.3. The van der Waals surface area contributed by atoms with E-state index in [1.54, 1.807) is 6.07 Å². The Morgan fingerprint density at radius 1 is 1.13 bits per heavy atom. The predicted molar refractivity (Wildman–Crippen MR) is 115 cm³/mol. The lowest BCUT2D eigenvalue weighted by Gasteiger charge is -2.25. The molecule has 6 nitrogen and oxygen atoms in total. The van der Waals surface area contributed by atoms with Crippen molar-refractivity contribution in [1.29, 1.82) is 0 Å². The summed E-state index contributed by atoms with van der Waals surface area (Å²) in [5.41, 5.74) is 5.89. The predicted octanol–water partition coefficient (Wildman–Crippen LogP) is 4.67. The second-order valence-electron chi connectivity index (χ2n) is 7.90. The summed E-state index contributed by atoms with van der Waals surface area (Å²) in [6.07, 6.45) is 3.72. The van der Waals surface area contributed by atoms with E-state index in [9.17, 15) is 13.6 Å². The van der Waals surface area contributed by atoms with Crippen LogP contribution in [-0.4, -0.2) is 39.2 Å². The molecule has 5 rings (SSSR count). The molecule has 0 unspecified atom stereocenters. The van der Waals surface area contributed by atoms with E-state index < -0.39 is 6.55 Å². The van der Waals surface area contributed by atoms with Crippen LogP contribution >= 0.6 is 0 Å². The standard InChI is InChI=1S/C23H21F2N5O/c1-29-7-6-14-2-4-19(9-17(14)12-29)27-22(31)21-10-16-8-15(3-5-20(16)28-21)18-11-26-30(13-18)23(24)25/h2-5,8-11,13,23,28H,6-7,12H2,1H3,(H,27,31). The van der Waals surface area contributed by atoms with Gasteiger partial charge in [-0.3, -0.25) is 4.79 Å². The van der Waals surface area contributed by atoms with Crippen molar-refractivity contribution >= 4 is 22.5 Å². The molecule has 158 valence electrons. The monoisotopic (exact) mass is 421 g/mol. The number of anilines is 1. The van der Waals surface area contributed by atoms with Gasteiger partial charge in [-0.1, -0.05) is 12.1 Å². The number of nitrogens with zero attached hydrogens (tertiary/aromatic N) is 3. The Balaban J connectivity index is 1.37. The molecule has 0 fully saturated rings. The quantitative estimate of drug-likeness (QED) is 0.503. The average molecular weight is 421 g/mol. The first kappa shape index (κ1) is 19.4. The molecule has 8 heteroatoms. The molecule has 4 aromatic rings. The summed E-state index contributed by atoms with van der Waals surface area (Å²) in [7, 11) is 2.09. The van der Waals surface area contributed by atoms with Gasteiger partial charge in [-0.05, 0) is 60.5 Å². The number of amides is 1. The number of hydrogen-bond acceptors (Lipinski definition) is 3. The highest BCUT2D eigenvalue weighted by atomic mass is 19.3. The molecule has 0 aliphatic carbocycles. The normalized spacial score (nSPS) is 14.2. The number of aromatic amines is 1. The van der Waals surface area contributed by atoms with Gasteiger partial charge in [-0.25, -0.2) is 4.68 Å². The van der Waals surface area contributed by atoms with Crippen molar-refractivity contribution in [1.82, 2.24) is 19.7 Å². The van der Waals surface area contributed by atoms with E-state index in [0.717, 1.165) is 41.7 Å². The molecule has 1 aliphatic rings. The van der Waals surface area contributed by atoms with Gasteiger partial charge in [-0.2, -0.15) is 13.9 Å². The van der Waals surface area contributed by atoms with Gasteiger partial charge in [0, 0.05) is 41.4 Å². The number of fused-ring (bicyclic) bond motifs is 2. The van der Waals surface area contributed by atoms with Crippen LogP contribution in [0.25, 0.3) is 22.0 Å². The first-order chi connectivity index (χ1) is 15.0. The van der Waals surface area contributed by atoms with Crippen molar-refractivity contribution < 1.29 is 13.6 Å². The highest BCUT2D eigenvalue weighted by Gasteiger charge is 2.16. The minimum absolute atomic E-state index is 0.229. The molecule has 2 N–H and O–H groups in total. The van der Waals surface area contributed by atoms with Crippen LogP contribution in [0.1, 0.15) is 28.2 Å². The third kappa shape index (κ3) is 3.82. The van der Waals surface area contributed by atoms with Gasteiger partial charge in [0.15, 0.2) is 0 Å². The Hall–Kier alpha value is -3.52. The molecule has 1 amide bonds. The Kier molecular flexibility index (Phi) is 4.78. The molecular formula is C23H21F2N5O. The number of carbonyl (C=O) groups is 1. The van der Waals surface area contributed by atoms with E-state index in [2.05, 4.69) is 33.4 Å². The number of halogens is 2. The zero-order valence-electron chi connectivity index (χ0n) is 16.9. The smallest absolute Gasteiger partial charge is 0.333 e. The van der Waals surface area contributed by atoms with Crippen LogP contribution in [0.2, 0.25) is 0 Å². The highest BCUT2D eigenvalue weighted by Crippen LogP contribution is 2.27. The Bertz CT molecular complexity index is 1280. The molecule has 31 heavy (non-hydrogen) atoms. The van der Waals surface area contributed by atoms with Crippen LogP contribution in [0.5, 0.6) is 0 Å². The Labute approximate surface area is 177 Å². The number of carbonyl (C=O) groups excluding carboxylic acids is 1. The van der Waals surface area contributed by atoms with Crippen molar-refractivity contribution in [3.8, 4) is 11.1 Å². The molecule has 2 aromatic heterocycles. The highest BCUT2D eigenvalue weighted by molar-refractivity contribution is 6.06. The first-order valence-electron chi connectivity index (χ1n) is 10.0. The van der Waals surface area contributed by atoms with Crippen molar-refractivity contribution in [2.24, 2.45) is 0 Å². The third-order valence-corrected chi connectivity index (χ3v) is 5.67. The van der Waals surface area contributed by atoms with Gasteiger partial charge < -0.3 is 15.2 Å². The molecular weight excluding hydrogens is 400 g/mol. The molecule has 0 bridgehead atoms. The number of likely N-dealkylation sites (N-methyl/N-ethyl adjacent to an activating group) is 1. The number of H-pyrrole nitrogens is 1. The second kappa shape index (κ2) is 7.63. The lowest BCUT2D eigenvalue weighted by atomic mass is 9.99. The summed E-state index contributed by atoms with van der Waals surface area (Å²) >= 11 is 0. The first-order valence-corrected chi connectivity index (χ1v) is 10.0. The Morgan fingerprint density at radius 3 is 2.81 bits per heavy atom. The fraction of sp³-hybridized carbons (Fsp3) is 0.217. The number of benzene rings is 2. The van der Waals surface area contributed by atoms with Gasteiger partial charge in [0.25, 0.3) is 5.91 Å². The lowest BCUT2D eigenvalue weighted by molar-refractivity contribution is 0.0566. The van der Waals surface area contributed by atoms with Crippen molar-refractivity contribution in [2.45, 2.75) is 19.5 Å². The molecule has 0 saturated carbocycles. The molecule has 0 saturated heterocycles. The summed E-state index contributed by atoms with van der Waals surface area (Å²) in [6.45, 7) is -0.765. The SMILES string of the molecule is CN1CCc2ccc(NC(=O)c3cc4cc(-c5cnn(C(F)F)c5)ccc4[nH]3)cc2C1. The van der Waals surface area contributed by atoms with Crippen LogP contribution in [0, 0.1) is 0 Å². The van der Waals surface area contributed by atoms with Crippen molar-refractivity contribution in [2.75, 3.05) is 18.9 Å². The van der Waals surface area contributed by atoms with Crippen molar-refractivity contribution in [3.63, 3.8) is 0 Å². The van der Waals surface area contributed by atoms with Gasteiger partial charge >= 0.3 is 6.55 Å². The van der Waals surface area contributed by atoms with E-state index in [1.807, 2.05) is 30.3 Å². The van der Waals surface area contributed by atoms with Gasteiger partial charge in [0.2, 0.25) is 0 Å². The zero-order chi connectivity index (χ0) is 21.5. The fourth-order valence-corrected chi connectivity index (χ4v) is 4.00. The summed E-state index contributed by atoms with van der Waals surface area (Å²) in [5.74, 6) is -0.229. The van der Waals surface area contributed by atoms with Crippen LogP contribution in [0.15, 0.2) is 54.9 Å². The summed E-state index contributed by atoms with van der Waals surface area (Å²) in [5, 5.41) is 7.46.